The number of fused-ring (bicyclic) bond motifs is 6. The Morgan fingerprint density at radius 1 is 1.12 bits per heavy atom. The van der Waals surface area contributed by atoms with Crippen LogP contribution in [-0.2, 0) is 4.74 Å². The highest BCUT2D eigenvalue weighted by molar-refractivity contribution is 6.18. The summed E-state index contributed by atoms with van der Waals surface area (Å²) in [7, 11) is 1.64. The summed E-state index contributed by atoms with van der Waals surface area (Å²) in [6.45, 7) is 4.07. The SMILES string of the molecule is CCOC(=O)c1cc2c3cc(OC)ccc3c3c(N)cccc3n2c1C. The first-order chi connectivity index (χ1) is 12.6. The molecule has 0 unspecified atom stereocenters. The van der Waals surface area contributed by atoms with Crippen LogP contribution >= 0.6 is 0 Å². The standard InChI is InChI=1S/C21H20N2O3/c1-4-26-21(24)15-11-19-16-10-13(25-3)8-9-14(16)20-17(22)6-5-7-18(20)23(19)12(15)2/h5-11H,4,22H2,1-3H3. The van der Waals surface area contributed by atoms with Gasteiger partial charge in [-0.1, -0.05) is 6.07 Å². The number of carbonyl (C=O) groups is 1. The number of carbonyl (C=O) groups excluding carboxylic acids is 1. The molecular formula is C21H20N2O3. The zero-order valence-electron chi connectivity index (χ0n) is 15.0. The van der Waals surface area contributed by atoms with Gasteiger partial charge in [0.1, 0.15) is 5.75 Å². The van der Waals surface area contributed by atoms with E-state index < -0.39 is 0 Å². The summed E-state index contributed by atoms with van der Waals surface area (Å²) in [6, 6.07) is 13.6. The van der Waals surface area contributed by atoms with Gasteiger partial charge in [-0.25, -0.2) is 4.79 Å². The molecule has 2 aromatic carbocycles. The van der Waals surface area contributed by atoms with Crippen molar-refractivity contribution in [1.82, 2.24) is 4.40 Å². The summed E-state index contributed by atoms with van der Waals surface area (Å²) in [5.74, 6) is 0.437. The maximum absolute atomic E-state index is 12.4. The third-order valence-corrected chi connectivity index (χ3v) is 4.83. The lowest BCUT2D eigenvalue weighted by molar-refractivity contribution is 0.0525. The Balaban J connectivity index is 2.24. The van der Waals surface area contributed by atoms with Crippen molar-refractivity contribution in [2.75, 3.05) is 19.5 Å². The van der Waals surface area contributed by atoms with Gasteiger partial charge >= 0.3 is 5.97 Å². The van der Waals surface area contributed by atoms with Crippen LogP contribution in [0.25, 0.3) is 27.2 Å². The highest BCUT2D eigenvalue weighted by atomic mass is 16.5. The number of aryl methyl sites for hydroxylation is 1. The molecule has 0 spiro atoms. The van der Waals surface area contributed by atoms with E-state index in [1.54, 1.807) is 14.0 Å². The number of nitrogens with zero attached hydrogens (tertiary/aromatic N) is 1. The lowest BCUT2D eigenvalue weighted by Crippen LogP contribution is -2.05. The number of hydrogen-bond donors (Lipinski definition) is 1. The number of esters is 1. The fraction of sp³-hybridized carbons (Fsp3) is 0.190. The molecule has 0 saturated heterocycles. The molecule has 0 aliphatic rings. The van der Waals surface area contributed by atoms with Crippen LogP contribution in [-0.4, -0.2) is 24.1 Å². The molecule has 4 rings (SSSR count). The Kier molecular flexibility index (Phi) is 3.72. The molecule has 0 aliphatic carbocycles. The smallest absolute Gasteiger partial charge is 0.339 e. The number of hydrogen-bond acceptors (Lipinski definition) is 4. The van der Waals surface area contributed by atoms with Gasteiger partial charge in [-0.3, -0.25) is 0 Å². The largest absolute Gasteiger partial charge is 0.497 e. The third kappa shape index (κ3) is 2.20. The van der Waals surface area contributed by atoms with Crippen LogP contribution < -0.4 is 10.5 Å². The predicted octanol–water partition coefficient (Wildman–Crippen LogP) is 4.32. The average molecular weight is 348 g/mol. The fourth-order valence-corrected chi connectivity index (χ4v) is 3.65. The van der Waals surface area contributed by atoms with E-state index in [4.69, 9.17) is 15.2 Å². The van der Waals surface area contributed by atoms with Crippen LogP contribution in [0.4, 0.5) is 5.69 Å². The van der Waals surface area contributed by atoms with E-state index in [0.29, 0.717) is 17.9 Å². The monoisotopic (exact) mass is 348 g/mol. The lowest BCUT2D eigenvalue weighted by Gasteiger charge is -2.13. The minimum atomic E-state index is -0.318. The molecule has 0 radical (unpaired) electrons. The molecule has 2 aromatic heterocycles. The molecule has 5 heteroatoms. The Morgan fingerprint density at radius 3 is 2.65 bits per heavy atom. The van der Waals surface area contributed by atoms with Crippen LogP contribution in [0.15, 0.2) is 42.5 Å². The van der Waals surface area contributed by atoms with Crippen molar-refractivity contribution < 1.29 is 14.3 Å². The van der Waals surface area contributed by atoms with Crippen LogP contribution in [0.5, 0.6) is 5.75 Å². The molecule has 0 bridgehead atoms. The molecule has 5 nitrogen and oxygen atoms in total. The number of nitrogen functional groups attached to an aromatic ring is 1. The van der Waals surface area contributed by atoms with Gasteiger partial charge in [-0.15, -0.1) is 0 Å². The molecule has 4 aromatic rings. The Bertz CT molecular complexity index is 1170. The molecule has 0 atom stereocenters. The molecule has 0 amide bonds. The van der Waals surface area contributed by atoms with E-state index in [1.165, 1.54) is 0 Å². The first-order valence-corrected chi connectivity index (χ1v) is 8.54. The van der Waals surface area contributed by atoms with Crippen molar-refractivity contribution in [1.29, 1.82) is 0 Å². The normalized spacial score (nSPS) is 11.3. The Hall–Kier alpha value is -3.21. The van der Waals surface area contributed by atoms with Crippen molar-refractivity contribution in [2.45, 2.75) is 13.8 Å². The number of benzene rings is 2. The average Bonchev–Trinajstić information content (AvgIpc) is 2.99. The number of anilines is 1. The quantitative estimate of drug-likeness (QED) is 0.340. The second-order valence-electron chi connectivity index (χ2n) is 6.24. The number of methoxy groups -OCH3 is 1. The maximum atomic E-state index is 12.4. The topological polar surface area (TPSA) is 66.0 Å². The van der Waals surface area contributed by atoms with Gasteiger partial charge in [0.2, 0.25) is 0 Å². The summed E-state index contributed by atoms with van der Waals surface area (Å²) < 4.78 is 12.7. The highest BCUT2D eigenvalue weighted by Crippen LogP contribution is 2.37. The molecular weight excluding hydrogens is 328 g/mol. The van der Waals surface area contributed by atoms with Crippen molar-refractivity contribution in [3.8, 4) is 5.75 Å². The molecule has 26 heavy (non-hydrogen) atoms. The van der Waals surface area contributed by atoms with Crippen LogP contribution in [0.1, 0.15) is 23.0 Å². The minimum Gasteiger partial charge on any atom is -0.497 e. The molecule has 132 valence electrons. The first-order valence-electron chi connectivity index (χ1n) is 8.54. The predicted molar refractivity (Wildman–Crippen MR) is 104 cm³/mol. The van der Waals surface area contributed by atoms with Gasteiger partial charge in [0, 0.05) is 22.2 Å². The number of nitrogens with two attached hydrogens (primary N) is 1. The Labute approximate surface area is 150 Å². The van der Waals surface area contributed by atoms with Crippen molar-refractivity contribution in [2.24, 2.45) is 0 Å². The maximum Gasteiger partial charge on any atom is 0.339 e. The number of pyridine rings is 1. The summed E-state index contributed by atoms with van der Waals surface area (Å²) >= 11 is 0. The molecule has 0 fully saturated rings. The molecule has 2 N–H and O–H groups in total. The Morgan fingerprint density at radius 2 is 1.92 bits per heavy atom. The van der Waals surface area contributed by atoms with E-state index in [9.17, 15) is 4.79 Å². The van der Waals surface area contributed by atoms with E-state index in [-0.39, 0.29) is 5.97 Å². The highest BCUT2D eigenvalue weighted by Gasteiger charge is 2.20. The van der Waals surface area contributed by atoms with Gasteiger partial charge in [0.05, 0.1) is 30.3 Å². The van der Waals surface area contributed by atoms with Gasteiger partial charge in [-0.05, 0) is 55.6 Å². The zero-order chi connectivity index (χ0) is 18.4. The van der Waals surface area contributed by atoms with E-state index in [2.05, 4.69) is 4.40 Å². The van der Waals surface area contributed by atoms with E-state index >= 15 is 0 Å². The van der Waals surface area contributed by atoms with Crippen molar-refractivity contribution >= 4 is 38.8 Å². The summed E-state index contributed by atoms with van der Waals surface area (Å²) in [4.78, 5) is 12.4. The summed E-state index contributed by atoms with van der Waals surface area (Å²) in [5.41, 5.74) is 10.3. The van der Waals surface area contributed by atoms with E-state index in [1.807, 2.05) is 49.4 Å². The van der Waals surface area contributed by atoms with Gasteiger partial charge < -0.3 is 19.6 Å². The molecule has 0 aliphatic heterocycles. The third-order valence-electron chi connectivity index (χ3n) is 4.83. The van der Waals surface area contributed by atoms with Crippen LogP contribution in [0.2, 0.25) is 0 Å². The van der Waals surface area contributed by atoms with Gasteiger partial charge in [-0.2, -0.15) is 0 Å². The van der Waals surface area contributed by atoms with Crippen LogP contribution in [0.3, 0.4) is 0 Å². The lowest BCUT2D eigenvalue weighted by atomic mass is 10.0. The number of aromatic nitrogens is 1. The fourth-order valence-electron chi connectivity index (χ4n) is 3.65. The van der Waals surface area contributed by atoms with Gasteiger partial charge in [0.25, 0.3) is 0 Å². The van der Waals surface area contributed by atoms with Crippen LogP contribution in [0, 0.1) is 6.92 Å². The molecule has 2 heterocycles. The van der Waals surface area contributed by atoms with Crippen molar-refractivity contribution in [3.05, 3.63) is 53.7 Å². The number of rotatable bonds is 3. The summed E-state index contributed by atoms with van der Waals surface area (Å²) in [5, 5.41) is 2.97. The van der Waals surface area contributed by atoms with Crippen molar-refractivity contribution in [3.63, 3.8) is 0 Å². The van der Waals surface area contributed by atoms with Gasteiger partial charge in [0.15, 0.2) is 0 Å². The second-order valence-corrected chi connectivity index (χ2v) is 6.24. The second kappa shape index (κ2) is 5.95. The minimum absolute atomic E-state index is 0.318. The zero-order valence-corrected chi connectivity index (χ0v) is 15.0. The first kappa shape index (κ1) is 16.3. The molecule has 0 saturated carbocycles. The summed E-state index contributed by atoms with van der Waals surface area (Å²) in [6.07, 6.45) is 0. The number of ether oxygens (including phenoxy) is 2. The van der Waals surface area contributed by atoms with E-state index in [0.717, 1.165) is 38.6 Å².